The van der Waals surface area contributed by atoms with Crippen LogP contribution in [0.5, 0.6) is 0 Å². The highest BCUT2D eigenvalue weighted by atomic mass is 16.3. The molecule has 1 heterocycles. The Labute approximate surface area is 157 Å². The fraction of sp³-hybridized carbons (Fsp3) is 0.714. The highest BCUT2D eigenvalue weighted by molar-refractivity contribution is 6.00. The Kier molecular flexibility index (Phi) is 7.59. The van der Waals surface area contributed by atoms with Crippen LogP contribution in [-0.4, -0.2) is 64.9 Å². The van der Waals surface area contributed by atoms with Gasteiger partial charge in [-0.05, 0) is 52.0 Å². The van der Waals surface area contributed by atoms with Crippen molar-refractivity contribution < 1.29 is 14.7 Å². The lowest BCUT2D eigenvalue weighted by molar-refractivity contribution is -0.136. The summed E-state index contributed by atoms with van der Waals surface area (Å²) in [4.78, 5) is 29.1. The molecule has 2 atom stereocenters. The molecule has 5 heteroatoms. The highest BCUT2D eigenvalue weighted by Gasteiger charge is 2.30. The van der Waals surface area contributed by atoms with E-state index in [9.17, 15) is 14.7 Å². The molecule has 0 aromatic carbocycles. The van der Waals surface area contributed by atoms with E-state index in [-0.39, 0.29) is 29.9 Å². The standard InChI is InChI=1S/C21H34N2O3/c1-5-18(21(26)22(4)19-8-6-7-9-20(19)25)15(2)14-16(3)23-12-10-17(24)11-13-23/h5,14,16-17,19,24H,6-13H2,1-4H3/b15-14-,18-5+. The van der Waals surface area contributed by atoms with Crippen LogP contribution in [0.25, 0.3) is 0 Å². The summed E-state index contributed by atoms with van der Waals surface area (Å²) in [7, 11) is 1.75. The maximum atomic E-state index is 13.0. The van der Waals surface area contributed by atoms with Gasteiger partial charge in [0.25, 0.3) is 5.91 Å². The van der Waals surface area contributed by atoms with Gasteiger partial charge in [-0.25, -0.2) is 0 Å². The summed E-state index contributed by atoms with van der Waals surface area (Å²) in [6.45, 7) is 7.73. The van der Waals surface area contributed by atoms with Gasteiger partial charge >= 0.3 is 0 Å². The lowest BCUT2D eigenvalue weighted by Gasteiger charge is -2.34. The third-order valence-electron chi connectivity index (χ3n) is 5.82. The number of nitrogens with zero attached hydrogens (tertiary/aromatic N) is 2. The van der Waals surface area contributed by atoms with E-state index in [4.69, 9.17) is 0 Å². The van der Waals surface area contributed by atoms with Crippen molar-refractivity contribution >= 4 is 11.7 Å². The zero-order valence-corrected chi connectivity index (χ0v) is 16.7. The molecule has 2 unspecified atom stereocenters. The van der Waals surface area contributed by atoms with Crippen LogP contribution < -0.4 is 0 Å². The molecule has 0 radical (unpaired) electrons. The van der Waals surface area contributed by atoms with Gasteiger partial charge in [0.05, 0.1) is 12.1 Å². The predicted octanol–water partition coefficient (Wildman–Crippen LogP) is 2.69. The van der Waals surface area contributed by atoms with Gasteiger partial charge in [-0.2, -0.15) is 0 Å². The second-order valence-electron chi connectivity index (χ2n) is 7.70. The fourth-order valence-electron chi connectivity index (χ4n) is 4.08. The number of hydrogen-bond acceptors (Lipinski definition) is 4. The number of carbonyl (C=O) groups excluding carboxylic acids is 2. The molecule has 5 nitrogen and oxygen atoms in total. The number of likely N-dealkylation sites (N-methyl/N-ethyl adjacent to an activating group) is 1. The Morgan fingerprint density at radius 1 is 1.27 bits per heavy atom. The second kappa shape index (κ2) is 9.47. The zero-order valence-electron chi connectivity index (χ0n) is 16.7. The quantitative estimate of drug-likeness (QED) is 0.603. The van der Waals surface area contributed by atoms with Gasteiger partial charge in [0.2, 0.25) is 0 Å². The molecule has 2 rings (SSSR count). The van der Waals surface area contributed by atoms with Crippen LogP contribution >= 0.6 is 0 Å². The van der Waals surface area contributed by atoms with E-state index in [1.54, 1.807) is 11.9 Å². The number of rotatable bonds is 5. The van der Waals surface area contributed by atoms with E-state index in [0.29, 0.717) is 12.0 Å². The van der Waals surface area contributed by atoms with E-state index in [0.717, 1.165) is 50.8 Å². The van der Waals surface area contributed by atoms with Crippen molar-refractivity contribution in [1.82, 2.24) is 9.80 Å². The lowest BCUT2D eigenvalue weighted by Crippen LogP contribution is -2.44. The van der Waals surface area contributed by atoms with Gasteiger partial charge in [0.15, 0.2) is 5.78 Å². The monoisotopic (exact) mass is 362 g/mol. The Balaban J connectivity index is 2.05. The molecule has 26 heavy (non-hydrogen) atoms. The highest BCUT2D eigenvalue weighted by Crippen LogP contribution is 2.23. The summed E-state index contributed by atoms with van der Waals surface area (Å²) in [6, 6.07) is -0.0631. The van der Waals surface area contributed by atoms with Crippen LogP contribution in [0.2, 0.25) is 0 Å². The third kappa shape index (κ3) is 5.04. The number of allylic oxidation sites excluding steroid dienone is 1. The van der Waals surface area contributed by atoms with Crippen LogP contribution in [0, 0.1) is 0 Å². The van der Waals surface area contributed by atoms with Gasteiger partial charge < -0.3 is 10.0 Å². The van der Waals surface area contributed by atoms with E-state index in [1.165, 1.54) is 0 Å². The molecule has 1 aliphatic heterocycles. The molecule has 146 valence electrons. The third-order valence-corrected chi connectivity index (χ3v) is 5.82. The summed E-state index contributed by atoms with van der Waals surface area (Å²) in [6.07, 6.45) is 8.70. The molecule has 0 bridgehead atoms. The molecule has 0 aromatic heterocycles. The van der Waals surface area contributed by atoms with Gasteiger partial charge in [-0.3, -0.25) is 14.5 Å². The predicted molar refractivity (Wildman–Crippen MR) is 104 cm³/mol. The van der Waals surface area contributed by atoms with Crippen molar-refractivity contribution in [2.24, 2.45) is 0 Å². The molecule has 1 amide bonds. The summed E-state index contributed by atoms with van der Waals surface area (Å²) in [5.41, 5.74) is 1.63. The van der Waals surface area contributed by atoms with Crippen LogP contribution in [0.3, 0.4) is 0 Å². The number of Topliss-reactive ketones (excluding diaryl/α,β-unsaturated/α-hetero) is 1. The summed E-state index contributed by atoms with van der Waals surface area (Å²) in [5, 5.41) is 9.67. The Morgan fingerprint density at radius 3 is 2.50 bits per heavy atom. The maximum Gasteiger partial charge on any atom is 0.254 e. The minimum atomic E-state index is -0.278. The van der Waals surface area contributed by atoms with Crippen molar-refractivity contribution in [1.29, 1.82) is 0 Å². The molecule has 2 fully saturated rings. The zero-order chi connectivity index (χ0) is 19.3. The summed E-state index contributed by atoms with van der Waals surface area (Å²) < 4.78 is 0. The molecule has 2 aliphatic rings. The van der Waals surface area contributed by atoms with Crippen molar-refractivity contribution in [2.75, 3.05) is 20.1 Å². The number of ketones is 1. The average molecular weight is 363 g/mol. The van der Waals surface area contributed by atoms with Crippen molar-refractivity contribution in [3.63, 3.8) is 0 Å². The van der Waals surface area contributed by atoms with Crippen molar-refractivity contribution in [3.05, 3.63) is 23.3 Å². The van der Waals surface area contributed by atoms with Gasteiger partial charge in [0.1, 0.15) is 0 Å². The van der Waals surface area contributed by atoms with Crippen LogP contribution in [0.1, 0.15) is 59.3 Å². The van der Waals surface area contributed by atoms with Gasteiger partial charge in [0, 0.05) is 38.2 Å². The average Bonchev–Trinajstić information content (AvgIpc) is 2.62. The first-order valence-electron chi connectivity index (χ1n) is 9.92. The number of aliphatic hydroxyl groups is 1. The number of piperidine rings is 1. The Morgan fingerprint density at radius 2 is 1.92 bits per heavy atom. The van der Waals surface area contributed by atoms with Gasteiger partial charge in [-0.1, -0.05) is 18.6 Å². The van der Waals surface area contributed by atoms with Crippen molar-refractivity contribution in [2.45, 2.75) is 77.5 Å². The fourth-order valence-corrected chi connectivity index (χ4v) is 4.08. The largest absolute Gasteiger partial charge is 0.393 e. The number of aliphatic hydroxyl groups excluding tert-OH is 1. The molecule has 1 aliphatic carbocycles. The number of carbonyl (C=O) groups is 2. The number of amides is 1. The lowest BCUT2D eigenvalue weighted by atomic mass is 9.92. The van der Waals surface area contributed by atoms with Crippen LogP contribution in [0.4, 0.5) is 0 Å². The normalized spacial score (nSPS) is 25.3. The van der Waals surface area contributed by atoms with Gasteiger partial charge in [-0.15, -0.1) is 0 Å². The number of hydrogen-bond donors (Lipinski definition) is 1. The minimum absolute atomic E-state index is 0.0669. The molecule has 1 saturated heterocycles. The van der Waals surface area contributed by atoms with Crippen molar-refractivity contribution in [3.8, 4) is 0 Å². The van der Waals surface area contributed by atoms with Crippen LogP contribution in [0.15, 0.2) is 23.3 Å². The first-order chi connectivity index (χ1) is 12.3. The molecular weight excluding hydrogens is 328 g/mol. The molecule has 0 spiro atoms. The van der Waals surface area contributed by atoms with E-state index < -0.39 is 0 Å². The van der Waals surface area contributed by atoms with E-state index in [1.807, 2.05) is 19.9 Å². The topological polar surface area (TPSA) is 60.9 Å². The first kappa shape index (κ1) is 20.8. The SMILES string of the molecule is C/C=C(C(=O)N(C)C1CCCCC1=O)\C(C)=C/C(C)N1CCC(O)CC1. The summed E-state index contributed by atoms with van der Waals surface area (Å²) >= 11 is 0. The summed E-state index contributed by atoms with van der Waals surface area (Å²) in [5.74, 6) is 0.118. The minimum Gasteiger partial charge on any atom is -0.393 e. The Bertz CT molecular complexity index is 574. The van der Waals surface area contributed by atoms with E-state index >= 15 is 0 Å². The van der Waals surface area contributed by atoms with E-state index in [2.05, 4.69) is 17.9 Å². The smallest absolute Gasteiger partial charge is 0.254 e. The second-order valence-corrected chi connectivity index (χ2v) is 7.70. The number of likely N-dealkylation sites (tertiary alicyclic amines) is 1. The molecular formula is C21H34N2O3. The molecule has 0 aromatic rings. The maximum absolute atomic E-state index is 13.0. The first-order valence-corrected chi connectivity index (χ1v) is 9.92. The molecule has 1 N–H and O–H groups in total. The van der Waals surface area contributed by atoms with Crippen LogP contribution in [-0.2, 0) is 9.59 Å². The Hall–Kier alpha value is -1.46. The molecule has 1 saturated carbocycles.